The van der Waals surface area contributed by atoms with Crippen LogP contribution in [0.3, 0.4) is 0 Å². The number of rotatable bonds is 6. The van der Waals surface area contributed by atoms with Crippen LogP contribution in [-0.4, -0.2) is 21.3 Å². The summed E-state index contributed by atoms with van der Waals surface area (Å²) in [6, 6.07) is 3.44. The van der Waals surface area contributed by atoms with Gasteiger partial charge in [0.05, 0.1) is 6.26 Å². The molecule has 0 fully saturated rings. The highest BCUT2D eigenvalue weighted by Gasteiger charge is 2.27. The van der Waals surface area contributed by atoms with E-state index in [-0.39, 0.29) is 12.3 Å². The van der Waals surface area contributed by atoms with Gasteiger partial charge in [0.25, 0.3) is 0 Å². The normalized spacial score (nSPS) is 12.8. The number of carbonyl (C=O) groups is 1. The van der Waals surface area contributed by atoms with Crippen LogP contribution in [0.4, 0.5) is 0 Å². The molecular weight excluding hydrogens is 248 g/mol. The zero-order chi connectivity index (χ0) is 13.8. The van der Waals surface area contributed by atoms with E-state index >= 15 is 0 Å². The second-order valence-electron chi connectivity index (χ2n) is 4.81. The van der Waals surface area contributed by atoms with Gasteiger partial charge in [-0.2, -0.15) is 0 Å². The van der Waals surface area contributed by atoms with E-state index in [1.165, 1.54) is 6.26 Å². The van der Waals surface area contributed by atoms with Gasteiger partial charge in [0, 0.05) is 12.8 Å². The Bertz CT molecular complexity index is 531. The summed E-state index contributed by atoms with van der Waals surface area (Å²) in [6.07, 6.45) is 2.35. The highest BCUT2D eigenvalue weighted by atomic mass is 16.4. The zero-order valence-corrected chi connectivity index (χ0v) is 10.9. The first-order chi connectivity index (χ1) is 9.06. The number of carboxylic acids is 1. The average Bonchev–Trinajstić information content (AvgIpc) is 2.95. The van der Waals surface area contributed by atoms with Crippen molar-refractivity contribution in [2.24, 2.45) is 5.92 Å². The molecular formula is C13H16N2O4. The van der Waals surface area contributed by atoms with E-state index in [0.717, 1.165) is 0 Å². The summed E-state index contributed by atoms with van der Waals surface area (Å²) in [7, 11) is 0. The maximum absolute atomic E-state index is 11.3. The Morgan fingerprint density at radius 3 is 2.74 bits per heavy atom. The van der Waals surface area contributed by atoms with Gasteiger partial charge in [-0.25, -0.2) is 0 Å². The number of nitrogens with zero attached hydrogens (tertiary/aromatic N) is 2. The molecule has 0 saturated carbocycles. The summed E-state index contributed by atoms with van der Waals surface area (Å²) >= 11 is 0. The lowest BCUT2D eigenvalue weighted by molar-refractivity contribution is -0.139. The third-order valence-electron chi connectivity index (χ3n) is 2.65. The maximum atomic E-state index is 11.3. The minimum absolute atomic E-state index is 0.125. The first kappa shape index (κ1) is 13.3. The topological polar surface area (TPSA) is 89.4 Å². The predicted molar refractivity (Wildman–Crippen MR) is 65.6 cm³/mol. The molecule has 0 bridgehead atoms. The van der Waals surface area contributed by atoms with Crippen LogP contribution in [-0.2, 0) is 17.6 Å². The van der Waals surface area contributed by atoms with Gasteiger partial charge in [0.15, 0.2) is 0 Å². The molecule has 19 heavy (non-hydrogen) atoms. The minimum Gasteiger partial charge on any atom is -0.481 e. The fourth-order valence-corrected chi connectivity index (χ4v) is 1.75. The summed E-state index contributed by atoms with van der Waals surface area (Å²) in [5.41, 5.74) is 0. The van der Waals surface area contributed by atoms with Gasteiger partial charge in [0.1, 0.15) is 11.7 Å². The first-order valence-corrected chi connectivity index (χ1v) is 6.13. The second-order valence-corrected chi connectivity index (χ2v) is 4.81. The van der Waals surface area contributed by atoms with Crippen molar-refractivity contribution in [2.45, 2.75) is 32.6 Å². The van der Waals surface area contributed by atoms with Crippen LogP contribution < -0.4 is 0 Å². The number of hydrogen-bond acceptors (Lipinski definition) is 5. The van der Waals surface area contributed by atoms with Crippen LogP contribution in [0.1, 0.15) is 37.3 Å². The molecule has 1 unspecified atom stereocenters. The van der Waals surface area contributed by atoms with Gasteiger partial charge >= 0.3 is 5.97 Å². The van der Waals surface area contributed by atoms with Gasteiger partial charge in [-0.1, -0.05) is 13.8 Å². The molecule has 2 heterocycles. The molecule has 0 radical (unpaired) electrons. The first-order valence-electron chi connectivity index (χ1n) is 6.13. The molecule has 0 aromatic carbocycles. The number of aliphatic carboxylic acids is 1. The molecule has 0 saturated heterocycles. The van der Waals surface area contributed by atoms with Crippen molar-refractivity contribution in [2.75, 3.05) is 0 Å². The lowest BCUT2D eigenvalue weighted by Crippen LogP contribution is -2.14. The third-order valence-corrected chi connectivity index (χ3v) is 2.65. The van der Waals surface area contributed by atoms with E-state index in [4.69, 9.17) is 8.83 Å². The molecule has 6 heteroatoms. The van der Waals surface area contributed by atoms with Crippen LogP contribution in [0.15, 0.2) is 27.2 Å². The molecule has 0 aliphatic rings. The van der Waals surface area contributed by atoms with Crippen LogP contribution >= 0.6 is 0 Å². The van der Waals surface area contributed by atoms with Gasteiger partial charge in [-0.05, 0) is 18.1 Å². The smallest absolute Gasteiger partial charge is 0.316 e. The lowest BCUT2D eigenvalue weighted by atomic mass is 10.0. The highest BCUT2D eigenvalue weighted by Crippen LogP contribution is 2.21. The summed E-state index contributed by atoms with van der Waals surface area (Å²) in [5, 5.41) is 17.0. The van der Waals surface area contributed by atoms with Crippen molar-refractivity contribution in [1.29, 1.82) is 0 Å². The molecule has 0 spiro atoms. The van der Waals surface area contributed by atoms with Gasteiger partial charge in [-0.15, -0.1) is 10.2 Å². The number of carboxylic acid groups (broad SMARTS) is 1. The van der Waals surface area contributed by atoms with Gasteiger partial charge < -0.3 is 13.9 Å². The SMILES string of the molecule is CC(C)Cc1nnc(C(Cc2ccco2)C(=O)O)o1. The summed E-state index contributed by atoms with van der Waals surface area (Å²) in [6.45, 7) is 4.06. The van der Waals surface area contributed by atoms with Crippen LogP contribution in [0, 0.1) is 5.92 Å². The highest BCUT2D eigenvalue weighted by molar-refractivity contribution is 5.74. The van der Waals surface area contributed by atoms with Crippen LogP contribution in [0.5, 0.6) is 0 Å². The van der Waals surface area contributed by atoms with Crippen molar-refractivity contribution in [3.63, 3.8) is 0 Å². The molecule has 1 atom stereocenters. The quantitative estimate of drug-likeness (QED) is 0.860. The Balaban J connectivity index is 2.15. The molecule has 0 aliphatic heterocycles. The molecule has 0 aliphatic carbocycles. The zero-order valence-electron chi connectivity index (χ0n) is 10.9. The fraction of sp³-hybridized carbons (Fsp3) is 0.462. The predicted octanol–water partition coefficient (Wildman–Crippen LogP) is 2.27. The Hall–Kier alpha value is -2.11. The standard InChI is InChI=1S/C13H16N2O4/c1-8(2)6-11-14-15-12(19-11)10(13(16)17)7-9-4-3-5-18-9/h3-5,8,10H,6-7H2,1-2H3,(H,16,17). The van der Waals surface area contributed by atoms with Crippen molar-refractivity contribution < 1.29 is 18.7 Å². The average molecular weight is 264 g/mol. The summed E-state index contributed by atoms with van der Waals surface area (Å²) in [4.78, 5) is 11.3. The van der Waals surface area contributed by atoms with Crippen LogP contribution in [0.25, 0.3) is 0 Å². The van der Waals surface area contributed by atoms with E-state index in [1.54, 1.807) is 12.1 Å². The Labute approximate surface area is 110 Å². The van der Waals surface area contributed by atoms with E-state index in [9.17, 15) is 9.90 Å². The van der Waals surface area contributed by atoms with E-state index in [2.05, 4.69) is 10.2 Å². The van der Waals surface area contributed by atoms with E-state index < -0.39 is 11.9 Å². The molecule has 1 N–H and O–H groups in total. The van der Waals surface area contributed by atoms with Gasteiger partial charge in [-0.3, -0.25) is 4.79 Å². The molecule has 0 amide bonds. The Morgan fingerprint density at radius 1 is 1.37 bits per heavy atom. The maximum Gasteiger partial charge on any atom is 0.316 e. The largest absolute Gasteiger partial charge is 0.481 e. The van der Waals surface area contributed by atoms with Crippen LogP contribution in [0.2, 0.25) is 0 Å². The van der Waals surface area contributed by atoms with E-state index in [1.807, 2.05) is 13.8 Å². The van der Waals surface area contributed by atoms with Crippen molar-refractivity contribution in [3.05, 3.63) is 35.9 Å². The Kier molecular flexibility index (Phi) is 3.99. The molecule has 2 aromatic heterocycles. The number of aromatic nitrogens is 2. The van der Waals surface area contributed by atoms with Crippen molar-refractivity contribution in [3.8, 4) is 0 Å². The Morgan fingerprint density at radius 2 is 2.16 bits per heavy atom. The number of hydrogen-bond donors (Lipinski definition) is 1. The second kappa shape index (κ2) is 5.69. The minimum atomic E-state index is -1.00. The fourth-order valence-electron chi connectivity index (χ4n) is 1.75. The molecule has 2 aromatic rings. The third kappa shape index (κ3) is 3.43. The molecule has 6 nitrogen and oxygen atoms in total. The summed E-state index contributed by atoms with van der Waals surface area (Å²) < 4.78 is 10.6. The van der Waals surface area contributed by atoms with Gasteiger partial charge in [0.2, 0.25) is 11.8 Å². The molecule has 2 rings (SSSR count). The van der Waals surface area contributed by atoms with Crippen molar-refractivity contribution in [1.82, 2.24) is 10.2 Å². The molecule has 102 valence electrons. The monoisotopic (exact) mass is 264 g/mol. The van der Waals surface area contributed by atoms with E-state index in [0.29, 0.717) is 24.0 Å². The number of furan rings is 1. The summed E-state index contributed by atoms with van der Waals surface area (Å²) in [5.74, 6) is -0.330. The lowest BCUT2D eigenvalue weighted by Gasteiger charge is -2.05. The van der Waals surface area contributed by atoms with Crippen molar-refractivity contribution >= 4 is 5.97 Å².